The molecule has 0 radical (unpaired) electrons. The van der Waals surface area contributed by atoms with Crippen molar-refractivity contribution in [3.8, 4) is 0 Å². The smallest absolute Gasteiger partial charge is 0.316 e. The third-order valence-corrected chi connectivity index (χ3v) is 4.06. The summed E-state index contributed by atoms with van der Waals surface area (Å²) in [7, 11) is 3.52. The zero-order valence-electron chi connectivity index (χ0n) is 14.3. The van der Waals surface area contributed by atoms with Gasteiger partial charge in [-0.25, -0.2) is 0 Å². The Bertz CT molecular complexity index is 1060. The Hall–Kier alpha value is -3.16. The summed E-state index contributed by atoms with van der Waals surface area (Å²) in [5.74, 6) is -0.180. The molecular weight excluding hydrogens is 322 g/mol. The van der Waals surface area contributed by atoms with Gasteiger partial charge in [-0.1, -0.05) is 0 Å². The molecule has 0 unspecified atom stereocenters. The molecule has 0 atom stereocenters. The van der Waals surface area contributed by atoms with Crippen molar-refractivity contribution in [3.05, 3.63) is 62.4 Å². The van der Waals surface area contributed by atoms with Crippen LogP contribution in [0.1, 0.15) is 22.8 Å². The van der Waals surface area contributed by atoms with Gasteiger partial charge in [-0.2, -0.15) is 5.10 Å². The number of nitrogens with one attached hydrogen (secondary N) is 1. The van der Waals surface area contributed by atoms with E-state index in [2.05, 4.69) is 10.1 Å². The molecule has 0 bridgehead atoms. The van der Waals surface area contributed by atoms with Gasteiger partial charge >= 0.3 is 11.1 Å². The molecule has 0 saturated carbocycles. The maximum absolute atomic E-state index is 12.6. The van der Waals surface area contributed by atoms with E-state index >= 15 is 0 Å². The zero-order chi connectivity index (χ0) is 18.1. The fraction of sp³-hybridized carbons (Fsp3) is 0.294. The van der Waals surface area contributed by atoms with E-state index in [1.165, 1.54) is 4.57 Å². The van der Waals surface area contributed by atoms with Crippen LogP contribution in [-0.4, -0.2) is 37.2 Å². The summed E-state index contributed by atoms with van der Waals surface area (Å²) in [6, 6.07) is 4.94. The monoisotopic (exact) mass is 341 g/mol. The van der Waals surface area contributed by atoms with Crippen molar-refractivity contribution in [1.82, 2.24) is 24.2 Å². The quantitative estimate of drug-likeness (QED) is 0.708. The molecule has 25 heavy (non-hydrogen) atoms. The Morgan fingerprint density at radius 3 is 2.72 bits per heavy atom. The summed E-state index contributed by atoms with van der Waals surface area (Å²) in [6.45, 7) is 2.60. The zero-order valence-corrected chi connectivity index (χ0v) is 14.3. The van der Waals surface area contributed by atoms with Crippen LogP contribution in [0.5, 0.6) is 0 Å². The van der Waals surface area contributed by atoms with Crippen LogP contribution >= 0.6 is 0 Å². The van der Waals surface area contributed by atoms with Crippen molar-refractivity contribution in [1.29, 1.82) is 0 Å². The molecule has 0 spiro atoms. The van der Waals surface area contributed by atoms with Crippen LogP contribution in [0.3, 0.4) is 0 Å². The Labute approximate surface area is 143 Å². The Kier molecular flexibility index (Phi) is 4.26. The molecule has 0 aliphatic rings. The number of carbonyl (C=O) groups excluding carboxylic acids is 1. The molecule has 0 fully saturated rings. The van der Waals surface area contributed by atoms with Gasteiger partial charge in [0.05, 0.1) is 17.2 Å². The third kappa shape index (κ3) is 3.10. The lowest BCUT2D eigenvalue weighted by molar-refractivity contribution is 0.0785. The van der Waals surface area contributed by atoms with Crippen molar-refractivity contribution in [3.63, 3.8) is 0 Å². The number of rotatable bonds is 4. The maximum atomic E-state index is 12.6. The summed E-state index contributed by atoms with van der Waals surface area (Å²) in [4.78, 5) is 40.4. The number of nitrogens with zero attached hydrogens (tertiary/aromatic N) is 4. The minimum absolute atomic E-state index is 0.180. The fourth-order valence-electron chi connectivity index (χ4n) is 2.85. The highest BCUT2D eigenvalue weighted by atomic mass is 16.2. The molecule has 8 nitrogen and oxygen atoms in total. The molecule has 3 rings (SSSR count). The van der Waals surface area contributed by atoms with Crippen molar-refractivity contribution in [2.45, 2.75) is 20.0 Å². The lowest BCUT2D eigenvalue weighted by Crippen LogP contribution is -2.36. The minimum Gasteiger partial charge on any atom is -0.337 e. The molecule has 0 aliphatic heterocycles. The number of hydrogen-bond donors (Lipinski definition) is 1. The second-order valence-electron chi connectivity index (χ2n) is 5.92. The summed E-state index contributed by atoms with van der Waals surface area (Å²) < 4.78 is 3.07. The number of H-pyrrole nitrogens is 1. The molecule has 2 heterocycles. The topological polar surface area (TPSA) is 93.0 Å². The van der Waals surface area contributed by atoms with E-state index in [0.717, 1.165) is 5.56 Å². The third-order valence-electron chi connectivity index (χ3n) is 4.06. The normalized spacial score (nSPS) is 11.0. The predicted octanol–water partition coefficient (Wildman–Crippen LogP) is 0.715. The van der Waals surface area contributed by atoms with Gasteiger partial charge < -0.3 is 14.5 Å². The van der Waals surface area contributed by atoms with Crippen LogP contribution in [0.25, 0.3) is 11.0 Å². The number of carbonyl (C=O) groups is 1. The van der Waals surface area contributed by atoms with E-state index in [9.17, 15) is 14.4 Å². The number of fused-ring (bicyclic) bond motifs is 1. The van der Waals surface area contributed by atoms with Crippen LogP contribution in [0.15, 0.2) is 40.2 Å². The minimum atomic E-state index is -0.692. The number of aromatic amines is 1. The van der Waals surface area contributed by atoms with E-state index in [-0.39, 0.29) is 5.91 Å². The van der Waals surface area contributed by atoms with Gasteiger partial charge in [0.25, 0.3) is 5.91 Å². The molecule has 1 amide bonds. The highest BCUT2D eigenvalue weighted by Gasteiger charge is 2.15. The van der Waals surface area contributed by atoms with E-state index in [0.29, 0.717) is 29.7 Å². The highest BCUT2D eigenvalue weighted by Crippen LogP contribution is 2.14. The fourth-order valence-corrected chi connectivity index (χ4v) is 2.85. The van der Waals surface area contributed by atoms with Crippen molar-refractivity contribution >= 4 is 16.9 Å². The first-order valence-corrected chi connectivity index (χ1v) is 7.90. The predicted molar refractivity (Wildman–Crippen MR) is 93.5 cm³/mol. The first kappa shape index (κ1) is 16.7. The second-order valence-corrected chi connectivity index (χ2v) is 5.92. The van der Waals surface area contributed by atoms with Crippen molar-refractivity contribution in [2.24, 2.45) is 7.05 Å². The number of aryl methyl sites for hydroxylation is 2. The van der Waals surface area contributed by atoms with E-state index in [4.69, 9.17) is 0 Å². The summed E-state index contributed by atoms with van der Waals surface area (Å²) in [5.41, 5.74) is 1.14. The van der Waals surface area contributed by atoms with Gasteiger partial charge in [-0.3, -0.25) is 19.1 Å². The van der Waals surface area contributed by atoms with Gasteiger partial charge in [0.15, 0.2) is 0 Å². The number of benzene rings is 1. The van der Waals surface area contributed by atoms with Gasteiger partial charge in [-0.05, 0) is 25.1 Å². The molecule has 1 aromatic carbocycles. The van der Waals surface area contributed by atoms with Crippen LogP contribution in [-0.2, 0) is 20.1 Å². The van der Waals surface area contributed by atoms with Gasteiger partial charge in [0.1, 0.15) is 0 Å². The first-order chi connectivity index (χ1) is 11.9. The SMILES string of the molecule is CCn1c(=O)c(=O)[nH]c2cc(C(=O)N(C)Cc3cnn(C)c3)ccc21. The van der Waals surface area contributed by atoms with Crippen LogP contribution in [0, 0.1) is 0 Å². The number of hydrogen-bond acceptors (Lipinski definition) is 4. The van der Waals surface area contributed by atoms with Crippen LogP contribution in [0.2, 0.25) is 0 Å². The average Bonchev–Trinajstić information content (AvgIpc) is 2.99. The van der Waals surface area contributed by atoms with Crippen molar-refractivity contribution < 1.29 is 4.79 Å². The summed E-state index contributed by atoms with van der Waals surface area (Å²) in [6.07, 6.45) is 3.56. The molecule has 3 aromatic rings. The molecule has 130 valence electrons. The van der Waals surface area contributed by atoms with Crippen molar-refractivity contribution in [2.75, 3.05) is 7.05 Å². The summed E-state index contributed by atoms with van der Waals surface area (Å²) >= 11 is 0. The molecule has 0 saturated heterocycles. The molecular formula is C17H19N5O3. The lowest BCUT2D eigenvalue weighted by atomic mass is 10.1. The van der Waals surface area contributed by atoms with Gasteiger partial charge in [0.2, 0.25) is 0 Å². The highest BCUT2D eigenvalue weighted by molar-refractivity contribution is 5.97. The van der Waals surface area contributed by atoms with E-state index in [1.54, 1.807) is 47.9 Å². The average molecular weight is 341 g/mol. The molecule has 1 N–H and O–H groups in total. The van der Waals surface area contributed by atoms with Gasteiger partial charge in [0, 0.05) is 44.5 Å². The standard InChI is InChI=1S/C17H19N5O3/c1-4-22-14-6-5-12(7-13(14)19-15(23)17(22)25)16(24)20(2)9-11-8-18-21(3)10-11/h5-8,10H,4,9H2,1-3H3,(H,19,23). The Balaban J connectivity index is 1.95. The Morgan fingerprint density at radius 1 is 1.32 bits per heavy atom. The number of amides is 1. The maximum Gasteiger partial charge on any atom is 0.316 e. The molecule has 8 heteroatoms. The molecule has 2 aromatic heterocycles. The van der Waals surface area contributed by atoms with Crippen LogP contribution < -0.4 is 11.1 Å². The van der Waals surface area contributed by atoms with Crippen LogP contribution in [0.4, 0.5) is 0 Å². The second kappa shape index (κ2) is 6.39. The van der Waals surface area contributed by atoms with E-state index < -0.39 is 11.1 Å². The van der Waals surface area contributed by atoms with E-state index in [1.807, 2.05) is 13.2 Å². The lowest BCUT2D eigenvalue weighted by Gasteiger charge is -2.17. The first-order valence-electron chi connectivity index (χ1n) is 7.90. The number of aromatic nitrogens is 4. The largest absolute Gasteiger partial charge is 0.337 e. The molecule has 0 aliphatic carbocycles. The summed E-state index contributed by atoms with van der Waals surface area (Å²) in [5, 5.41) is 4.09. The Morgan fingerprint density at radius 2 is 2.08 bits per heavy atom. The van der Waals surface area contributed by atoms with Gasteiger partial charge in [-0.15, -0.1) is 0 Å².